The number of fused-ring (bicyclic) bond motifs is 8. The molecule has 5 heteroatoms. The number of rotatable bonds is 3. The van der Waals surface area contributed by atoms with E-state index in [0.717, 1.165) is 100 Å². The molecule has 2 aliphatic rings. The van der Waals surface area contributed by atoms with Crippen LogP contribution in [0.1, 0.15) is 34.8 Å². The number of hydrogen-bond acceptors (Lipinski definition) is 5. The molecule has 0 amide bonds. The van der Waals surface area contributed by atoms with E-state index in [2.05, 4.69) is 138 Å². The summed E-state index contributed by atoms with van der Waals surface area (Å²) < 4.78 is 12.9. The smallest absolute Gasteiger partial charge is 0.167 e. The van der Waals surface area contributed by atoms with Gasteiger partial charge in [-0.25, -0.2) is 4.99 Å². The molecule has 0 radical (unpaired) electrons. The van der Waals surface area contributed by atoms with Gasteiger partial charge in [0.2, 0.25) is 0 Å². The third kappa shape index (κ3) is 4.85. The van der Waals surface area contributed by atoms with Crippen LogP contribution in [-0.2, 0) is 0 Å². The Morgan fingerprint density at radius 1 is 0.491 bits per heavy atom. The van der Waals surface area contributed by atoms with Crippen molar-refractivity contribution >= 4 is 79.0 Å². The maximum Gasteiger partial charge on any atom is 0.167 e. The number of benzene rings is 7. The Balaban J connectivity index is 1.13. The van der Waals surface area contributed by atoms with Gasteiger partial charge in [-0.1, -0.05) is 133 Å². The van der Waals surface area contributed by atoms with Crippen molar-refractivity contribution < 1.29 is 8.83 Å². The van der Waals surface area contributed by atoms with Crippen LogP contribution < -0.4 is 4.90 Å². The Bertz CT molecular complexity index is 2990. The molecule has 11 rings (SSSR count). The van der Waals surface area contributed by atoms with Gasteiger partial charge in [0.15, 0.2) is 6.17 Å². The van der Waals surface area contributed by atoms with Crippen molar-refractivity contribution in [3.63, 3.8) is 0 Å². The number of nitrogens with zero attached hydrogens (tertiary/aromatic N) is 3. The van der Waals surface area contributed by atoms with Gasteiger partial charge in [-0.3, -0.25) is 9.89 Å². The molecular formula is C48H31N3O2. The number of anilines is 2. The van der Waals surface area contributed by atoms with E-state index >= 15 is 0 Å². The molecule has 4 heterocycles. The van der Waals surface area contributed by atoms with E-state index in [4.69, 9.17) is 18.8 Å². The lowest BCUT2D eigenvalue weighted by Crippen LogP contribution is -2.32. The fourth-order valence-electron chi connectivity index (χ4n) is 8.00. The standard InChI is InChI=1S/C48H31N3O2/c1-3-12-30(13-4-1)40-29-46(50-48(49-40)31-14-5-2-6-15-31)51-41-25-24-32(35-18-11-19-38-36-16-7-10-21-44(36)53-47(35)38)26-33(41)22-23-34-27-45-39(28-42(34)51)37-17-8-9-20-43(37)52-45/h1-28,48H,29H2. The van der Waals surface area contributed by atoms with Crippen LogP contribution in [0, 0.1) is 0 Å². The van der Waals surface area contributed by atoms with Crippen LogP contribution in [-0.4, -0.2) is 11.5 Å². The first-order valence-electron chi connectivity index (χ1n) is 18.0. The van der Waals surface area contributed by atoms with Crippen LogP contribution in [0.15, 0.2) is 177 Å². The van der Waals surface area contributed by atoms with Crippen LogP contribution >= 0.6 is 0 Å². The fraction of sp³-hybridized carbons (Fsp3) is 0.0417. The predicted molar refractivity (Wildman–Crippen MR) is 218 cm³/mol. The molecule has 53 heavy (non-hydrogen) atoms. The first kappa shape index (κ1) is 29.7. The van der Waals surface area contributed by atoms with Gasteiger partial charge in [-0.15, -0.1) is 0 Å². The quantitative estimate of drug-likeness (QED) is 0.186. The predicted octanol–water partition coefficient (Wildman–Crippen LogP) is 12.8. The number of para-hydroxylation sites is 3. The van der Waals surface area contributed by atoms with Crippen molar-refractivity contribution in [3.05, 3.63) is 180 Å². The summed E-state index contributed by atoms with van der Waals surface area (Å²) in [5, 5.41) is 4.40. The number of hydrogen-bond donors (Lipinski definition) is 0. The van der Waals surface area contributed by atoms with E-state index in [9.17, 15) is 0 Å². The zero-order valence-electron chi connectivity index (χ0n) is 28.6. The average Bonchev–Trinajstić information content (AvgIpc) is 3.74. The molecule has 7 aromatic carbocycles. The van der Waals surface area contributed by atoms with Crippen LogP contribution in [0.3, 0.4) is 0 Å². The van der Waals surface area contributed by atoms with Crippen molar-refractivity contribution in [2.45, 2.75) is 12.6 Å². The van der Waals surface area contributed by atoms with Gasteiger partial charge in [0.25, 0.3) is 0 Å². The summed E-state index contributed by atoms with van der Waals surface area (Å²) in [6.45, 7) is 0. The lowest BCUT2D eigenvalue weighted by atomic mass is 9.98. The molecule has 0 N–H and O–H groups in total. The molecular weight excluding hydrogens is 651 g/mol. The Kier molecular flexibility index (Phi) is 6.61. The SMILES string of the molecule is C1=Cc2cc3oc4ccccc4c3cc2N(C2=NC(c3ccccc3)N=C(c3ccccc3)C2)c2ccc(-c3cccc4c3oc3ccccc34)cc21. The highest BCUT2D eigenvalue weighted by molar-refractivity contribution is 6.22. The van der Waals surface area contributed by atoms with Gasteiger partial charge >= 0.3 is 0 Å². The molecule has 0 saturated heterocycles. The maximum atomic E-state index is 6.48. The van der Waals surface area contributed by atoms with Crippen LogP contribution in [0.4, 0.5) is 11.4 Å². The van der Waals surface area contributed by atoms with E-state index in [-0.39, 0.29) is 6.17 Å². The van der Waals surface area contributed by atoms with Crippen LogP contribution in [0.2, 0.25) is 0 Å². The van der Waals surface area contributed by atoms with Gasteiger partial charge in [0.05, 0.1) is 17.1 Å². The minimum Gasteiger partial charge on any atom is -0.456 e. The molecule has 0 aliphatic carbocycles. The van der Waals surface area contributed by atoms with Crippen molar-refractivity contribution in [3.8, 4) is 11.1 Å². The summed E-state index contributed by atoms with van der Waals surface area (Å²) in [4.78, 5) is 13.1. The molecule has 0 spiro atoms. The largest absolute Gasteiger partial charge is 0.456 e. The summed E-state index contributed by atoms with van der Waals surface area (Å²) in [6.07, 6.45) is 4.60. The molecule has 0 saturated carbocycles. The van der Waals surface area contributed by atoms with E-state index in [1.54, 1.807) is 0 Å². The van der Waals surface area contributed by atoms with E-state index in [0.29, 0.717) is 6.42 Å². The molecule has 5 nitrogen and oxygen atoms in total. The third-order valence-electron chi connectivity index (χ3n) is 10.5. The van der Waals surface area contributed by atoms with E-state index < -0.39 is 0 Å². The molecule has 9 aromatic rings. The molecule has 250 valence electrons. The number of aliphatic imine (C=N–C) groups is 2. The number of amidine groups is 1. The molecule has 1 atom stereocenters. The Hall–Kier alpha value is -6.98. The van der Waals surface area contributed by atoms with Gasteiger partial charge < -0.3 is 8.83 Å². The second kappa shape index (κ2) is 11.8. The van der Waals surface area contributed by atoms with Crippen LogP contribution in [0.5, 0.6) is 0 Å². The number of furan rings is 2. The zero-order chi connectivity index (χ0) is 34.9. The van der Waals surface area contributed by atoms with Gasteiger partial charge in [0, 0.05) is 39.1 Å². The Labute approximate surface area is 305 Å². The van der Waals surface area contributed by atoms with Crippen molar-refractivity contribution in [1.82, 2.24) is 0 Å². The first-order valence-corrected chi connectivity index (χ1v) is 18.0. The van der Waals surface area contributed by atoms with E-state index in [1.807, 2.05) is 36.4 Å². The maximum absolute atomic E-state index is 6.48. The average molecular weight is 682 g/mol. The van der Waals surface area contributed by atoms with Crippen molar-refractivity contribution in [2.24, 2.45) is 9.98 Å². The van der Waals surface area contributed by atoms with Crippen molar-refractivity contribution in [2.75, 3.05) is 4.90 Å². The molecule has 0 bridgehead atoms. The zero-order valence-corrected chi connectivity index (χ0v) is 28.6. The molecule has 1 unspecified atom stereocenters. The fourth-order valence-corrected chi connectivity index (χ4v) is 8.00. The highest BCUT2D eigenvalue weighted by Crippen LogP contribution is 2.45. The third-order valence-corrected chi connectivity index (χ3v) is 10.5. The second-order valence-electron chi connectivity index (χ2n) is 13.7. The minimum atomic E-state index is -0.387. The Morgan fingerprint density at radius 2 is 1.17 bits per heavy atom. The van der Waals surface area contributed by atoms with E-state index in [1.165, 1.54) is 0 Å². The van der Waals surface area contributed by atoms with Gasteiger partial charge in [-0.05, 0) is 58.7 Å². The van der Waals surface area contributed by atoms with Gasteiger partial charge in [0.1, 0.15) is 28.2 Å². The minimum absolute atomic E-state index is 0.387. The summed E-state index contributed by atoms with van der Waals surface area (Å²) in [5.74, 6) is 0.929. The normalized spacial score (nSPS) is 15.4. The first-order chi connectivity index (χ1) is 26.2. The molecule has 2 aliphatic heterocycles. The van der Waals surface area contributed by atoms with Gasteiger partial charge in [-0.2, -0.15) is 0 Å². The summed E-state index contributed by atoms with van der Waals surface area (Å²) in [5.41, 5.74) is 13.0. The van der Waals surface area contributed by atoms with Crippen LogP contribution in [0.25, 0.3) is 67.2 Å². The highest BCUT2D eigenvalue weighted by Gasteiger charge is 2.30. The van der Waals surface area contributed by atoms with Crippen molar-refractivity contribution in [1.29, 1.82) is 0 Å². The molecule has 0 fully saturated rings. The lowest BCUT2D eigenvalue weighted by Gasteiger charge is -2.32. The second-order valence-corrected chi connectivity index (χ2v) is 13.7. The molecule has 2 aromatic heterocycles. The summed E-state index contributed by atoms with van der Waals surface area (Å²) >= 11 is 0. The Morgan fingerprint density at radius 3 is 1.98 bits per heavy atom. The topological polar surface area (TPSA) is 54.2 Å². The lowest BCUT2D eigenvalue weighted by molar-refractivity contribution is 0.668. The highest BCUT2D eigenvalue weighted by atomic mass is 16.3. The summed E-state index contributed by atoms with van der Waals surface area (Å²) in [7, 11) is 0. The summed E-state index contributed by atoms with van der Waals surface area (Å²) in [6, 6.07) is 54.9. The monoisotopic (exact) mass is 681 g/mol.